The molecule has 0 aromatic carbocycles. The Morgan fingerprint density at radius 2 is 2.26 bits per heavy atom. The van der Waals surface area contributed by atoms with E-state index < -0.39 is 0 Å². The van der Waals surface area contributed by atoms with Gasteiger partial charge in [-0.2, -0.15) is 0 Å². The summed E-state index contributed by atoms with van der Waals surface area (Å²) in [4.78, 5) is 19.9. The number of aromatic nitrogens is 2. The van der Waals surface area contributed by atoms with Crippen LogP contribution in [0.25, 0.3) is 0 Å². The number of nitrogen functional groups attached to an aromatic ring is 1. The molecule has 0 spiro atoms. The smallest absolute Gasteiger partial charge is 0.273 e. The third kappa shape index (κ3) is 4.14. The van der Waals surface area contributed by atoms with Crippen molar-refractivity contribution < 1.29 is 4.79 Å². The number of rotatable bonds is 4. The fourth-order valence-corrected chi connectivity index (χ4v) is 2.47. The molecule has 19 heavy (non-hydrogen) atoms. The van der Waals surface area contributed by atoms with Gasteiger partial charge in [-0.05, 0) is 54.2 Å². The maximum Gasteiger partial charge on any atom is 0.273 e. The molecule has 1 amide bonds. The summed E-state index contributed by atoms with van der Waals surface area (Å²) in [6.45, 7) is 2.79. The second-order valence-corrected chi connectivity index (χ2v) is 5.48. The molecule has 1 aliphatic rings. The molecule has 104 valence electrons. The Kier molecular flexibility index (Phi) is 5.09. The SMILES string of the molecule is Nc1ncc(Br)nc1C(=O)NCCC1CCNCC1. The standard InChI is InChI=1S/C12H18BrN5O/c13-9-7-17-11(14)10(18-9)12(19)16-6-3-8-1-4-15-5-2-8/h7-8,15H,1-6H2,(H2,14,17)(H,16,19). The van der Waals surface area contributed by atoms with Crippen LogP contribution in [0.2, 0.25) is 0 Å². The van der Waals surface area contributed by atoms with Crippen LogP contribution in [0.4, 0.5) is 5.82 Å². The first-order valence-electron chi connectivity index (χ1n) is 6.43. The molecule has 1 aromatic rings. The van der Waals surface area contributed by atoms with Gasteiger partial charge >= 0.3 is 0 Å². The number of halogens is 1. The maximum atomic E-state index is 11.9. The number of amides is 1. The van der Waals surface area contributed by atoms with E-state index in [0.29, 0.717) is 17.1 Å². The van der Waals surface area contributed by atoms with Gasteiger partial charge in [0.25, 0.3) is 5.91 Å². The van der Waals surface area contributed by atoms with Crippen LogP contribution in [0.15, 0.2) is 10.8 Å². The van der Waals surface area contributed by atoms with Crippen molar-refractivity contribution in [2.24, 2.45) is 5.92 Å². The van der Waals surface area contributed by atoms with Crippen LogP contribution in [0.5, 0.6) is 0 Å². The summed E-state index contributed by atoms with van der Waals surface area (Å²) in [5, 5.41) is 6.18. The molecule has 0 atom stereocenters. The van der Waals surface area contributed by atoms with Crippen LogP contribution in [-0.2, 0) is 0 Å². The van der Waals surface area contributed by atoms with Crippen LogP contribution in [0.1, 0.15) is 29.8 Å². The van der Waals surface area contributed by atoms with Crippen molar-refractivity contribution in [2.45, 2.75) is 19.3 Å². The van der Waals surface area contributed by atoms with Crippen molar-refractivity contribution in [3.05, 3.63) is 16.5 Å². The van der Waals surface area contributed by atoms with E-state index in [1.807, 2.05) is 0 Å². The summed E-state index contributed by atoms with van der Waals surface area (Å²) >= 11 is 3.18. The third-order valence-corrected chi connectivity index (χ3v) is 3.67. The van der Waals surface area contributed by atoms with Crippen molar-refractivity contribution in [1.82, 2.24) is 20.6 Å². The highest BCUT2D eigenvalue weighted by atomic mass is 79.9. The Morgan fingerprint density at radius 3 is 3.00 bits per heavy atom. The molecule has 1 fully saturated rings. The Labute approximate surface area is 120 Å². The number of carbonyl (C=O) groups is 1. The molecule has 1 aliphatic heterocycles. The first-order chi connectivity index (χ1) is 9.16. The van der Waals surface area contributed by atoms with Crippen LogP contribution < -0.4 is 16.4 Å². The lowest BCUT2D eigenvalue weighted by molar-refractivity contribution is 0.0946. The lowest BCUT2D eigenvalue weighted by Gasteiger charge is -2.22. The van der Waals surface area contributed by atoms with Gasteiger partial charge in [-0.1, -0.05) is 0 Å². The normalized spacial score (nSPS) is 16.3. The van der Waals surface area contributed by atoms with E-state index in [-0.39, 0.29) is 17.4 Å². The fraction of sp³-hybridized carbons (Fsp3) is 0.583. The van der Waals surface area contributed by atoms with Gasteiger partial charge in [-0.25, -0.2) is 9.97 Å². The van der Waals surface area contributed by atoms with Gasteiger partial charge in [-0.3, -0.25) is 4.79 Å². The summed E-state index contributed by atoms with van der Waals surface area (Å²) in [5.41, 5.74) is 5.82. The van der Waals surface area contributed by atoms with Crippen LogP contribution in [0, 0.1) is 5.92 Å². The Balaban J connectivity index is 1.82. The number of nitrogens with zero attached hydrogens (tertiary/aromatic N) is 2. The molecule has 0 saturated carbocycles. The third-order valence-electron chi connectivity index (χ3n) is 3.28. The Morgan fingerprint density at radius 1 is 1.53 bits per heavy atom. The molecule has 6 nitrogen and oxygen atoms in total. The van der Waals surface area contributed by atoms with E-state index in [1.165, 1.54) is 19.0 Å². The van der Waals surface area contributed by atoms with E-state index in [0.717, 1.165) is 19.5 Å². The van der Waals surface area contributed by atoms with Gasteiger partial charge in [0.15, 0.2) is 11.5 Å². The summed E-state index contributed by atoms with van der Waals surface area (Å²) in [5.74, 6) is 0.579. The Bertz CT molecular complexity index is 448. The maximum absolute atomic E-state index is 11.9. The van der Waals surface area contributed by atoms with E-state index >= 15 is 0 Å². The zero-order valence-corrected chi connectivity index (χ0v) is 12.2. The quantitative estimate of drug-likeness (QED) is 0.765. The monoisotopic (exact) mass is 327 g/mol. The summed E-state index contributed by atoms with van der Waals surface area (Å²) in [7, 11) is 0. The summed E-state index contributed by atoms with van der Waals surface area (Å²) in [6.07, 6.45) is 4.82. The molecular formula is C12H18BrN5O. The number of hydrogen-bond acceptors (Lipinski definition) is 5. The molecule has 7 heteroatoms. The molecular weight excluding hydrogens is 310 g/mol. The average Bonchev–Trinajstić information content (AvgIpc) is 2.42. The fourth-order valence-electron chi connectivity index (χ4n) is 2.19. The van der Waals surface area contributed by atoms with Gasteiger partial charge in [-0.15, -0.1) is 0 Å². The van der Waals surface area contributed by atoms with E-state index in [4.69, 9.17) is 5.73 Å². The van der Waals surface area contributed by atoms with Crippen molar-refractivity contribution >= 4 is 27.7 Å². The molecule has 4 N–H and O–H groups in total. The van der Waals surface area contributed by atoms with Gasteiger partial charge < -0.3 is 16.4 Å². The van der Waals surface area contributed by atoms with Crippen molar-refractivity contribution in [3.63, 3.8) is 0 Å². The molecule has 1 saturated heterocycles. The lowest BCUT2D eigenvalue weighted by atomic mass is 9.95. The van der Waals surface area contributed by atoms with Crippen LogP contribution in [-0.4, -0.2) is 35.5 Å². The van der Waals surface area contributed by atoms with Gasteiger partial charge in [0.05, 0.1) is 6.20 Å². The summed E-state index contributed by atoms with van der Waals surface area (Å²) < 4.78 is 0.505. The lowest BCUT2D eigenvalue weighted by Crippen LogP contribution is -2.32. The minimum Gasteiger partial charge on any atom is -0.382 e. The predicted molar refractivity (Wildman–Crippen MR) is 76.7 cm³/mol. The van der Waals surface area contributed by atoms with Gasteiger partial charge in [0.1, 0.15) is 4.60 Å². The number of nitrogens with one attached hydrogen (secondary N) is 2. The number of anilines is 1. The number of piperidine rings is 1. The van der Waals surface area contributed by atoms with Crippen LogP contribution in [0.3, 0.4) is 0 Å². The average molecular weight is 328 g/mol. The first-order valence-corrected chi connectivity index (χ1v) is 7.23. The van der Waals surface area contributed by atoms with Gasteiger partial charge in [0, 0.05) is 6.54 Å². The molecule has 1 aromatic heterocycles. The van der Waals surface area contributed by atoms with Crippen molar-refractivity contribution in [1.29, 1.82) is 0 Å². The second-order valence-electron chi connectivity index (χ2n) is 4.66. The Hall–Kier alpha value is -1.21. The molecule has 0 radical (unpaired) electrons. The zero-order chi connectivity index (χ0) is 13.7. The number of hydrogen-bond donors (Lipinski definition) is 3. The molecule has 0 bridgehead atoms. The zero-order valence-electron chi connectivity index (χ0n) is 10.7. The highest BCUT2D eigenvalue weighted by Gasteiger charge is 2.15. The van der Waals surface area contributed by atoms with E-state index in [2.05, 4.69) is 36.5 Å². The minimum absolute atomic E-state index is 0.155. The van der Waals surface area contributed by atoms with Crippen molar-refractivity contribution in [3.8, 4) is 0 Å². The molecule has 2 rings (SSSR count). The van der Waals surface area contributed by atoms with Gasteiger partial charge in [0.2, 0.25) is 0 Å². The molecule has 0 aliphatic carbocycles. The summed E-state index contributed by atoms with van der Waals surface area (Å²) in [6, 6.07) is 0. The number of nitrogens with two attached hydrogens (primary N) is 1. The van der Waals surface area contributed by atoms with E-state index in [9.17, 15) is 4.79 Å². The highest BCUT2D eigenvalue weighted by molar-refractivity contribution is 9.10. The van der Waals surface area contributed by atoms with E-state index in [1.54, 1.807) is 0 Å². The highest BCUT2D eigenvalue weighted by Crippen LogP contribution is 2.15. The second kappa shape index (κ2) is 6.81. The van der Waals surface area contributed by atoms with Crippen molar-refractivity contribution in [2.75, 3.05) is 25.4 Å². The number of carbonyl (C=O) groups excluding carboxylic acids is 1. The predicted octanol–water partition coefficient (Wildman–Crippen LogP) is 0.941. The molecule has 2 heterocycles. The first kappa shape index (κ1) is 14.2. The topological polar surface area (TPSA) is 92.9 Å². The largest absolute Gasteiger partial charge is 0.382 e. The van der Waals surface area contributed by atoms with Crippen LogP contribution >= 0.6 is 15.9 Å². The molecule has 0 unspecified atom stereocenters. The minimum atomic E-state index is -0.264.